The number of nitrogens with zero attached hydrogens (tertiary/aromatic N) is 1. The number of nitrogen functional groups attached to an aromatic ring is 1. The van der Waals surface area contributed by atoms with Gasteiger partial charge in [-0.1, -0.05) is 29.4 Å². The van der Waals surface area contributed by atoms with Gasteiger partial charge in [0.15, 0.2) is 11.6 Å². The fraction of sp³-hybridized carbons (Fsp3) is 0.308. The third-order valence-electron chi connectivity index (χ3n) is 3.31. The Balaban J connectivity index is 2.11. The molecule has 0 amide bonds. The Morgan fingerprint density at radius 1 is 1.35 bits per heavy atom. The normalized spacial score (nSPS) is 17.0. The van der Waals surface area contributed by atoms with E-state index >= 15 is 0 Å². The summed E-state index contributed by atoms with van der Waals surface area (Å²) in [6.45, 7) is 0. The summed E-state index contributed by atoms with van der Waals surface area (Å²) in [6, 6.07) is 9.81. The number of aromatic nitrogens is 1. The molecule has 17 heavy (non-hydrogen) atoms. The van der Waals surface area contributed by atoms with E-state index < -0.39 is 0 Å². The lowest BCUT2D eigenvalue weighted by Gasteiger charge is -2.16. The maximum Gasteiger partial charge on any atom is 0.169 e. The van der Waals surface area contributed by atoms with Gasteiger partial charge in [-0.2, -0.15) is 0 Å². The van der Waals surface area contributed by atoms with Crippen molar-refractivity contribution in [3.63, 3.8) is 0 Å². The molecule has 0 atom stereocenters. The lowest BCUT2D eigenvalue weighted by Crippen LogP contribution is -2.10. The number of rotatable bonds is 3. The van der Waals surface area contributed by atoms with Crippen LogP contribution in [0.25, 0.3) is 11.3 Å². The highest BCUT2D eigenvalue weighted by atomic mass is 16.5. The lowest BCUT2D eigenvalue weighted by atomic mass is 9.99. The molecule has 4 nitrogen and oxygen atoms in total. The van der Waals surface area contributed by atoms with Gasteiger partial charge in [-0.3, -0.25) is 0 Å². The van der Waals surface area contributed by atoms with Crippen molar-refractivity contribution >= 4 is 5.82 Å². The third-order valence-corrected chi connectivity index (χ3v) is 3.31. The molecule has 1 aromatic carbocycles. The van der Waals surface area contributed by atoms with E-state index in [0.29, 0.717) is 11.6 Å². The highest BCUT2D eigenvalue weighted by molar-refractivity contribution is 5.66. The van der Waals surface area contributed by atoms with E-state index in [1.54, 1.807) is 13.2 Å². The molecule has 0 radical (unpaired) electrons. The van der Waals surface area contributed by atoms with Crippen LogP contribution in [0.1, 0.15) is 18.4 Å². The molecule has 1 saturated carbocycles. The number of methoxy groups -OCH3 is 1. The SMILES string of the molecule is COC1(c2ccccc2-c2cc(N)no2)CC1. The van der Waals surface area contributed by atoms with Gasteiger partial charge in [0.2, 0.25) is 0 Å². The second-order valence-corrected chi connectivity index (χ2v) is 4.36. The van der Waals surface area contributed by atoms with E-state index in [2.05, 4.69) is 11.2 Å². The van der Waals surface area contributed by atoms with Crippen LogP contribution in [0.4, 0.5) is 5.82 Å². The zero-order valence-corrected chi connectivity index (χ0v) is 9.64. The quantitative estimate of drug-likeness (QED) is 0.880. The topological polar surface area (TPSA) is 61.3 Å². The molecule has 2 N–H and O–H groups in total. The first kappa shape index (κ1) is 10.4. The summed E-state index contributed by atoms with van der Waals surface area (Å²) < 4.78 is 10.8. The smallest absolute Gasteiger partial charge is 0.169 e. The van der Waals surface area contributed by atoms with E-state index in [1.165, 1.54) is 0 Å². The van der Waals surface area contributed by atoms with Crippen molar-refractivity contribution in [1.29, 1.82) is 0 Å². The number of anilines is 1. The van der Waals surface area contributed by atoms with Crippen LogP contribution in [0, 0.1) is 0 Å². The van der Waals surface area contributed by atoms with E-state index in [9.17, 15) is 0 Å². The van der Waals surface area contributed by atoms with Crippen molar-refractivity contribution in [3.8, 4) is 11.3 Å². The molecule has 3 rings (SSSR count). The number of nitrogens with two attached hydrogens (primary N) is 1. The van der Waals surface area contributed by atoms with Crippen molar-refractivity contribution in [2.45, 2.75) is 18.4 Å². The summed E-state index contributed by atoms with van der Waals surface area (Å²) in [7, 11) is 1.75. The van der Waals surface area contributed by atoms with Crippen molar-refractivity contribution < 1.29 is 9.26 Å². The molecular weight excluding hydrogens is 216 g/mol. The number of ether oxygens (including phenoxy) is 1. The Kier molecular flexibility index (Phi) is 2.19. The Morgan fingerprint density at radius 3 is 2.71 bits per heavy atom. The molecule has 1 aromatic heterocycles. The standard InChI is InChI=1S/C13H14N2O2/c1-16-13(6-7-13)10-5-3-2-4-9(10)11-8-12(14)15-17-11/h2-5,8H,6-7H2,1H3,(H2,14,15). The Morgan fingerprint density at radius 2 is 2.12 bits per heavy atom. The van der Waals surface area contributed by atoms with Gasteiger partial charge in [0.05, 0.1) is 5.60 Å². The van der Waals surface area contributed by atoms with Gasteiger partial charge >= 0.3 is 0 Å². The van der Waals surface area contributed by atoms with Gasteiger partial charge < -0.3 is 15.0 Å². The zero-order chi connectivity index (χ0) is 11.9. The average Bonchev–Trinajstić information content (AvgIpc) is 3.05. The second-order valence-electron chi connectivity index (χ2n) is 4.36. The molecule has 0 bridgehead atoms. The lowest BCUT2D eigenvalue weighted by molar-refractivity contribution is 0.0792. The fourth-order valence-corrected chi connectivity index (χ4v) is 2.21. The summed E-state index contributed by atoms with van der Waals surface area (Å²) in [4.78, 5) is 0. The van der Waals surface area contributed by atoms with Crippen LogP contribution in [0.3, 0.4) is 0 Å². The van der Waals surface area contributed by atoms with Gasteiger partial charge in [-0.05, 0) is 18.4 Å². The van der Waals surface area contributed by atoms with Crippen molar-refractivity contribution in [3.05, 3.63) is 35.9 Å². The Labute approximate surface area is 99.4 Å². The van der Waals surface area contributed by atoms with Gasteiger partial charge in [-0.15, -0.1) is 0 Å². The number of hydrogen-bond donors (Lipinski definition) is 1. The van der Waals surface area contributed by atoms with Crippen LogP contribution in [-0.2, 0) is 10.3 Å². The fourth-order valence-electron chi connectivity index (χ4n) is 2.21. The minimum atomic E-state index is -0.141. The summed E-state index contributed by atoms with van der Waals surface area (Å²) >= 11 is 0. The molecule has 0 aliphatic heterocycles. The summed E-state index contributed by atoms with van der Waals surface area (Å²) in [5.74, 6) is 1.10. The predicted octanol–water partition coefficient (Wildman–Crippen LogP) is 2.56. The van der Waals surface area contributed by atoms with Gasteiger partial charge in [-0.25, -0.2) is 0 Å². The van der Waals surface area contributed by atoms with Crippen LogP contribution < -0.4 is 5.73 Å². The number of benzene rings is 1. The molecular formula is C13H14N2O2. The number of hydrogen-bond acceptors (Lipinski definition) is 4. The highest BCUT2D eigenvalue weighted by Gasteiger charge is 2.46. The molecule has 1 fully saturated rings. The van der Waals surface area contributed by atoms with Crippen LogP contribution in [0.2, 0.25) is 0 Å². The molecule has 88 valence electrons. The van der Waals surface area contributed by atoms with Gasteiger partial charge in [0.1, 0.15) is 0 Å². The summed E-state index contributed by atoms with van der Waals surface area (Å²) in [5.41, 5.74) is 7.61. The largest absolute Gasteiger partial charge is 0.381 e. The van der Waals surface area contributed by atoms with Crippen LogP contribution in [0.5, 0.6) is 0 Å². The van der Waals surface area contributed by atoms with Gasteiger partial charge in [0.25, 0.3) is 0 Å². The average molecular weight is 230 g/mol. The van der Waals surface area contributed by atoms with Crippen LogP contribution in [0.15, 0.2) is 34.9 Å². The zero-order valence-electron chi connectivity index (χ0n) is 9.64. The first-order valence-electron chi connectivity index (χ1n) is 5.62. The first-order valence-corrected chi connectivity index (χ1v) is 5.62. The molecule has 0 saturated heterocycles. The monoisotopic (exact) mass is 230 g/mol. The maximum atomic E-state index is 5.61. The van der Waals surface area contributed by atoms with E-state index in [0.717, 1.165) is 24.0 Å². The van der Waals surface area contributed by atoms with E-state index in [4.69, 9.17) is 15.0 Å². The van der Waals surface area contributed by atoms with Crippen molar-refractivity contribution in [2.24, 2.45) is 0 Å². The first-order chi connectivity index (χ1) is 8.25. The highest BCUT2D eigenvalue weighted by Crippen LogP contribution is 2.51. The van der Waals surface area contributed by atoms with Gasteiger partial charge in [0, 0.05) is 18.7 Å². The second kappa shape index (κ2) is 3.60. The van der Waals surface area contributed by atoms with E-state index in [1.807, 2.05) is 18.2 Å². The Bertz CT molecular complexity index is 544. The van der Waals surface area contributed by atoms with Crippen molar-refractivity contribution in [2.75, 3.05) is 12.8 Å². The summed E-state index contributed by atoms with van der Waals surface area (Å²) in [5, 5.41) is 3.72. The third kappa shape index (κ3) is 1.61. The molecule has 0 unspecified atom stereocenters. The molecule has 1 heterocycles. The molecule has 2 aromatic rings. The molecule has 0 spiro atoms. The molecule has 1 aliphatic carbocycles. The maximum absolute atomic E-state index is 5.61. The predicted molar refractivity (Wildman–Crippen MR) is 64.3 cm³/mol. The molecule has 1 aliphatic rings. The summed E-state index contributed by atoms with van der Waals surface area (Å²) in [6.07, 6.45) is 2.09. The van der Waals surface area contributed by atoms with Crippen LogP contribution >= 0.6 is 0 Å². The Hall–Kier alpha value is -1.81. The minimum Gasteiger partial charge on any atom is -0.381 e. The van der Waals surface area contributed by atoms with Crippen LogP contribution in [-0.4, -0.2) is 12.3 Å². The van der Waals surface area contributed by atoms with E-state index in [-0.39, 0.29) is 5.60 Å². The minimum absolute atomic E-state index is 0.141. The van der Waals surface area contributed by atoms with Crippen molar-refractivity contribution in [1.82, 2.24) is 5.16 Å². The molecule has 4 heteroatoms.